The van der Waals surface area contributed by atoms with Gasteiger partial charge in [0.15, 0.2) is 0 Å². The van der Waals surface area contributed by atoms with Gasteiger partial charge in [0, 0.05) is 29.9 Å². The molecule has 2 aromatic rings. The maximum Gasteiger partial charge on any atom is 0.321 e. The zero-order valence-electron chi connectivity index (χ0n) is 12.1. The number of pyridine rings is 1. The van der Waals surface area contributed by atoms with Gasteiger partial charge < -0.3 is 26.3 Å². The lowest BCUT2D eigenvalue weighted by Gasteiger charge is -2.15. The lowest BCUT2D eigenvalue weighted by molar-refractivity contribution is 0.222. The topological polar surface area (TPSA) is 99.1 Å². The van der Waals surface area contributed by atoms with Gasteiger partial charge in [-0.25, -0.2) is 9.78 Å². The van der Waals surface area contributed by atoms with Crippen LogP contribution in [0.2, 0.25) is 0 Å². The van der Waals surface area contributed by atoms with Crippen LogP contribution in [-0.4, -0.2) is 40.2 Å². The summed E-state index contributed by atoms with van der Waals surface area (Å²) in [6.07, 6.45) is 7.41. The number of rotatable bonds is 1. The van der Waals surface area contributed by atoms with Crippen molar-refractivity contribution >= 4 is 35.0 Å². The number of hydrogen-bond acceptors (Lipinski definition) is 4. The third kappa shape index (κ3) is 2.19. The van der Waals surface area contributed by atoms with Crippen molar-refractivity contribution in [3.8, 4) is 0 Å². The van der Waals surface area contributed by atoms with Gasteiger partial charge in [0.1, 0.15) is 5.65 Å². The average molecular weight is 298 g/mol. The molecule has 7 nitrogen and oxygen atoms in total. The van der Waals surface area contributed by atoms with Crippen molar-refractivity contribution in [3.63, 3.8) is 0 Å². The van der Waals surface area contributed by atoms with E-state index in [1.807, 2.05) is 23.2 Å². The first-order chi connectivity index (χ1) is 10.7. The second-order valence-electron chi connectivity index (χ2n) is 5.70. The highest BCUT2D eigenvalue weighted by Gasteiger charge is 2.18. The van der Waals surface area contributed by atoms with Crippen molar-refractivity contribution < 1.29 is 4.79 Å². The van der Waals surface area contributed by atoms with E-state index < -0.39 is 0 Å². The van der Waals surface area contributed by atoms with Crippen LogP contribution in [0.25, 0.3) is 23.3 Å². The first-order valence-corrected chi connectivity index (χ1v) is 7.48. The normalized spacial score (nSPS) is 20.0. The lowest BCUT2D eigenvalue weighted by atomic mass is 10.2. The minimum Gasteiger partial charge on any atom is -0.371 e. The SMILES string of the molecule is NC1C=c2c([nH]c3ncc(NC(=O)N4CCCC4)cc23)=CN1. The number of hydrogen-bond donors (Lipinski definition) is 4. The molecule has 114 valence electrons. The molecule has 0 radical (unpaired) electrons. The number of urea groups is 1. The number of fused-ring (bicyclic) bond motifs is 3. The van der Waals surface area contributed by atoms with Crippen LogP contribution in [0.5, 0.6) is 0 Å². The summed E-state index contributed by atoms with van der Waals surface area (Å²) >= 11 is 0. The number of nitrogens with two attached hydrogens (primary N) is 1. The molecule has 0 aromatic carbocycles. The predicted molar refractivity (Wildman–Crippen MR) is 85.2 cm³/mol. The molecule has 5 N–H and O–H groups in total. The third-order valence-electron chi connectivity index (χ3n) is 4.13. The van der Waals surface area contributed by atoms with Crippen molar-refractivity contribution in [3.05, 3.63) is 22.8 Å². The van der Waals surface area contributed by atoms with Crippen molar-refractivity contribution in [2.45, 2.75) is 19.0 Å². The summed E-state index contributed by atoms with van der Waals surface area (Å²) in [7, 11) is 0. The van der Waals surface area contributed by atoms with Crippen LogP contribution < -0.4 is 26.9 Å². The van der Waals surface area contributed by atoms with Gasteiger partial charge in [0.25, 0.3) is 0 Å². The highest BCUT2D eigenvalue weighted by Crippen LogP contribution is 2.14. The van der Waals surface area contributed by atoms with Crippen LogP contribution in [0, 0.1) is 0 Å². The highest BCUT2D eigenvalue weighted by atomic mass is 16.2. The van der Waals surface area contributed by atoms with E-state index in [9.17, 15) is 4.79 Å². The third-order valence-corrected chi connectivity index (χ3v) is 4.13. The zero-order chi connectivity index (χ0) is 15.1. The van der Waals surface area contributed by atoms with E-state index in [4.69, 9.17) is 5.73 Å². The number of aromatic amines is 1. The number of H-pyrrole nitrogens is 1. The Kier molecular flexibility index (Phi) is 3.00. The summed E-state index contributed by atoms with van der Waals surface area (Å²) in [5.41, 5.74) is 7.38. The summed E-state index contributed by atoms with van der Waals surface area (Å²) < 4.78 is 0. The van der Waals surface area contributed by atoms with Gasteiger partial charge in [-0.05, 0) is 25.0 Å². The number of nitrogens with one attached hydrogen (secondary N) is 3. The minimum atomic E-state index is -0.214. The van der Waals surface area contributed by atoms with Crippen LogP contribution in [0.1, 0.15) is 12.8 Å². The highest BCUT2D eigenvalue weighted by molar-refractivity contribution is 5.92. The Morgan fingerprint density at radius 3 is 3.05 bits per heavy atom. The number of carbonyl (C=O) groups excluding carboxylic acids is 1. The molecule has 2 aliphatic rings. The van der Waals surface area contributed by atoms with Crippen molar-refractivity contribution in [2.75, 3.05) is 18.4 Å². The summed E-state index contributed by atoms with van der Waals surface area (Å²) in [6.45, 7) is 1.65. The maximum absolute atomic E-state index is 12.2. The minimum absolute atomic E-state index is 0.0584. The van der Waals surface area contributed by atoms with Gasteiger partial charge in [0.2, 0.25) is 0 Å². The molecule has 0 bridgehead atoms. The Hall–Kier alpha value is -2.54. The van der Waals surface area contributed by atoms with E-state index in [1.165, 1.54) is 0 Å². The molecule has 1 saturated heterocycles. The van der Waals surface area contributed by atoms with Gasteiger partial charge >= 0.3 is 6.03 Å². The number of aromatic nitrogens is 2. The molecule has 4 rings (SSSR count). The molecule has 22 heavy (non-hydrogen) atoms. The summed E-state index contributed by atoms with van der Waals surface area (Å²) in [5.74, 6) is 0. The largest absolute Gasteiger partial charge is 0.371 e. The molecule has 0 aliphatic carbocycles. The van der Waals surface area contributed by atoms with Crippen LogP contribution in [0.4, 0.5) is 10.5 Å². The van der Waals surface area contributed by atoms with E-state index >= 15 is 0 Å². The molecule has 7 heteroatoms. The summed E-state index contributed by atoms with van der Waals surface area (Å²) in [4.78, 5) is 21.6. The van der Waals surface area contributed by atoms with Gasteiger partial charge in [-0.1, -0.05) is 0 Å². The Labute approximate surface area is 126 Å². The molecular formula is C15H18N6O. The number of likely N-dealkylation sites (tertiary alicyclic amines) is 1. The Morgan fingerprint density at radius 2 is 2.23 bits per heavy atom. The van der Waals surface area contributed by atoms with E-state index in [0.717, 1.165) is 47.5 Å². The molecule has 4 heterocycles. The standard InChI is InChI=1S/C15H18N6O/c16-13-6-10-11-5-9(19-15(22)21-3-1-2-4-21)7-18-14(11)20-12(10)8-17-13/h5-8,13,17H,1-4,16H2,(H,18,20)(H,19,22). The van der Waals surface area contributed by atoms with E-state index in [2.05, 4.69) is 20.6 Å². The smallest absolute Gasteiger partial charge is 0.321 e. The maximum atomic E-state index is 12.2. The van der Waals surface area contributed by atoms with Gasteiger partial charge in [-0.15, -0.1) is 0 Å². The van der Waals surface area contributed by atoms with Crippen molar-refractivity contribution in [2.24, 2.45) is 5.73 Å². The molecule has 0 spiro atoms. The molecular weight excluding hydrogens is 280 g/mol. The average Bonchev–Trinajstić information content (AvgIpc) is 3.14. The Bertz CT molecular complexity index is 849. The van der Waals surface area contributed by atoms with Crippen LogP contribution in [0.15, 0.2) is 12.3 Å². The number of amides is 2. The molecule has 2 aliphatic heterocycles. The zero-order valence-corrected chi connectivity index (χ0v) is 12.1. The first-order valence-electron chi connectivity index (χ1n) is 7.48. The number of carbonyl (C=O) groups is 1. The Morgan fingerprint density at radius 1 is 1.41 bits per heavy atom. The second-order valence-corrected chi connectivity index (χ2v) is 5.70. The molecule has 1 unspecified atom stereocenters. The Balaban J connectivity index is 1.70. The molecule has 2 aromatic heterocycles. The molecule has 1 atom stereocenters. The monoisotopic (exact) mass is 298 g/mol. The lowest BCUT2D eigenvalue weighted by Crippen LogP contribution is -2.42. The summed E-state index contributed by atoms with van der Waals surface area (Å²) in [5, 5.41) is 8.90. The molecule has 1 fully saturated rings. The van der Waals surface area contributed by atoms with Crippen LogP contribution in [-0.2, 0) is 0 Å². The first kappa shape index (κ1) is 13.1. The van der Waals surface area contributed by atoms with Gasteiger partial charge in [-0.3, -0.25) is 0 Å². The number of anilines is 1. The van der Waals surface area contributed by atoms with Crippen molar-refractivity contribution in [1.29, 1.82) is 0 Å². The molecule has 0 saturated carbocycles. The van der Waals surface area contributed by atoms with Crippen LogP contribution >= 0.6 is 0 Å². The quantitative estimate of drug-likeness (QED) is 0.575. The fourth-order valence-corrected chi connectivity index (χ4v) is 3.00. The van der Waals surface area contributed by atoms with E-state index in [0.29, 0.717) is 5.69 Å². The molecule has 2 amide bonds. The van der Waals surface area contributed by atoms with Gasteiger partial charge in [0.05, 0.1) is 23.4 Å². The second kappa shape index (κ2) is 5.03. The van der Waals surface area contributed by atoms with E-state index in [-0.39, 0.29) is 12.2 Å². The fourth-order valence-electron chi connectivity index (χ4n) is 3.00. The number of nitrogens with zero attached hydrogens (tertiary/aromatic N) is 2. The predicted octanol–water partition coefficient (Wildman–Crippen LogP) is -0.403. The summed E-state index contributed by atoms with van der Waals surface area (Å²) in [6, 6.07) is 1.88. The van der Waals surface area contributed by atoms with Gasteiger partial charge in [-0.2, -0.15) is 0 Å². The van der Waals surface area contributed by atoms with E-state index in [1.54, 1.807) is 6.20 Å². The van der Waals surface area contributed by atoms with Crippen LogP contribution in [0.3, 0.4) is 0 Å². The van der Waals surface area contributed by atoms with Crippen molar-refractivity contribution in [1.82, 2.24) is 20.2 Å². The fraction of sp³-hybridized carbons (Fsp3) is 0.333.